The van der Waals surface area contributed by atoms with Crippen molar-refractivity contribution in [3.05, 3.63) is 28.7 Å². The molecule has 0 aliphatic rings. The van der Waals surface area contributed by atoms with Gasteiger partial charge in [-0.25, -0.2) is 0 Å². The largest absolute Gasteiger partial charge is 0.385 e. The highest BCUT2D eigenvalue weighted by Crippen LogP contribution is 2.17. The van der Waals surface area contributed by atoms with E-state index in [0.29, 0.717) is 0 Å². The summed E-state index contributed by atoms with van der Waals surface area (Å²) in [5.41, 5.74) is 1.22. The number of benzene rings is 1. The highest BCUT2D eigenvalue weighted by atomic mass is 79.9. The van der Waals surface area contributed by atoms with Gasteiger partial charge in [0.25, 0.3) is 0 Å². The summed E-state index contributed by atoms with van der Waals surface area (Å²) in [5, 5.41) is 3.51. The zero-order valence-electron chi connectivity index (χ0n) is 10.3. The molecule has 16 heavy (non-hydrogen) atoms. The second-order valence-corrected chi connectivity index (χ2v) is 5.22. The molecule has 90 valence electrons. The number of unbranched alkanes of at least 4 members (excludes halogenated alkanes) is 1. The Balaban J connectivity index is 2.34. The van der Waals surface area contributed by atoms with E-state index in [0.717, 1.165) is 16.9 Å². The first-order valence-corrected chi connectivity index (χ1v) is 7.05. The van der Waals surface area contributed by atoms with Crippen molar-refractivity contribution in [3.8, 4) is 0 Å². The minimum Gasteiger partial charge on any atom is -0.385 e. The van der Waals surface area contributed by atoms with Crippen LogP contribution in [-0.2, 0) is 0 Å². The molecule has 0 aliphatic heterocycles. The van der Waals surface area contributed by atoms with E-state index in [1.54, 1.807) is 0 Å². The Morgan fingerprint density at radius 1 is 1.19 bits per heavy atom. The lowest BCUT2D eigenvalue weighted by molar-refractivity contribution is 0.473. The van der Waals surface area contributed by atoms with Gasteiger partial charge >= 0.3 is 0 Å². The number of rotatable bonds is 7. The minimum atomic E-state index is 0.809. The van der Waals surface area contributed by atoms with Crippen LogP contribution in [0.3, 0.4) is 0 Å². The maximum atomic E-state index is 3.51. The van der Waals surface area contributed by atoms with E-state index < -0.39 is 0 Å². The summed E-state index contributed by atoms with van der Waals surface area (Å²) in [6.07, 6.45) is 5.26. The van der Waals surface area contributed by atoms with E-state index in [4.69, 9.17) is 0 Å². The predicted molar refractivity (Wildman–Crippen MR) is 75.9 cm³/mol. The van der Waals surface area contributed by atoms with Gasteiger partial charge in [0.15, 0.2) is 0 Å². The van der Waals surface area contributed by atoms with Crippen molar-refractivity contribution in [3.63, 3.8) is 0 Å². The molecule has 0 fully saturated rings. The number of nitrogens with one attached hydrogen (secondary N) is 1. The molecule has 0 aliphatic carbocycles. The van der Waals surface area contributed by atoms with Gasteiger partial charge < -0.3 is 5.32 Å². The molecule has 0 radical (unpaired) electrons. The van der Waals surface area contributed by atoms with Gasteiger partial charge in [-0.2, -0.15) is 0 Å². The van der Waals surface area contributed by atoms with Crippen LogP contribution in [0.5, 0.6) is 0 Å². The van der Waals surface area contributed by atoms with Crippen molar-refractivity contribution in [1.29, 1.82) is 0 Å². The molecule has 1 aromatic rings. The zero-order valence-corrected chi connectivity index (χ0v) is 11.9. The Kier molecular flexibility index (Phi) is 6.55. The second-order valence-electron chi connectivity index (χ2n) is 4.30. The maximum Gasteiger partial charge on any atom is 0.0341 e. The van der Waals surface area contributed by atoms with Gasteiger partial charge in [0.1, 0.15) is 0 Å². The van der Waals surface area contributed by atoms with Crippen LogP contribution in [0.2, 0.25) is 0 Å². The summed E-state index contributed by atoms with van der Waals surface area (Å²) in [5.74, 6) is 0.809. The quantitative estimate of drug-likeness (QED) is 0.736. The molecule has 1 rings (SSSR count). The standard InChI is InChI=1S/C14H22BrN/c1-3-5-6-12(4-2)11-16-14-9-7-13(15)8-10-14/h7-10,12,16H,3-6,11H2,1-2H3. The van der Waals surface area contributed by atoms with Crippen LogP contribution < -0.4 is 5.32 Å². The zero-order chi connectivity index (χ0) is 11.8. The summed E-state index contributed by atoms with van der Waals surface area (Å²) in [6, 6.07) is 8.40. The van der Waals surface area contributed by atoms with Gasteiger partial charge in [-0.15, -0.1) is 0 Å². The topological polar surface area (TPSA) is 12.0 Å². The number of hydrogen-bond acceptors (Lipinski definition) is 1. The first-order valence-electron chi connectivity index (χ1n) is 6.25. The van der Waals surface area contributed by atoms with Gasteiger partial charge in [-0.3, -0.25) is 0 Å². The molecule has 0 saturated heterocycles. The molecule has 1 aromatic carbocycles. The molecular formula is C14H22BrN. The fourth-order valence-corrected chi connectivity index (χ4v) is 2.04. The number of anilines is 1. The van der Waals surface area contributed by atoms with Crippen LogP contribution in [0.4, 0.5) is 5.69 Å². The van der Waals surface area contributed by atoms with E-state index in [1.807, 2.05) is 0 Å². The molecule has 0 saturated carbocycles. The van der Waals surface area contributed by atoms with Crippen LogP contribution >= 0.6 is 15.9 Å². The first kappa shape index (κ1) is 13.6. The van der Waals surface area contributed by atoms with Crippen molar-refractivity contribution in [2.24, 2.45) is 5.92 Å². The molecule has 1 nitrogen and oxygen atoms in total. The normalized spacial score (nSPS) is 12.4. The van der Waals surface area contributed by atoms with Gasteiger partial charge in [0, 0.05) is 16.7 Å². The Hall–Kier alpha value is -0.500. The molecule has 0 aromatic heterocycles. The number of hydrogen-bond donors (Lipinski definition) is 1. The molecule has 1 unspecified atom stereocenters. The molecule has 1 N–H and O–H groups in total. The highest BCUT2D eigenvalue weighted by Gasteiger charge is 2.05. The SMILES string of the molecule is CCCCC(CC)CNc1ccc(Br)cc1. The van der Waals surface area contributed by atoms with Crippen LogP contribution in [0.1, 0.15) is 39.5 Å². The average Bonchev–Trinajstić information content (AvgIpc) is 2.32. The minimum absolute atomic E-state index is 0.809. The molecular weight excluding hydrogens is 262 g/mol. The van der Waals surface area contributed by atoms with Crippen molar-refractivity contribution in [2.75, 3.05) is 11.9 Å². The fourth-order valence-electron chi connectivity index (χ4n) is 1.77. The van der Waals surface area contributed by atoms with E-state index in [-0.39, 0.29) is 0 Å². The predicted octanol–water partition coefficient (Wildman–Crippen LogP) is 5.08. The fraction of sp³-hybridized carbons (Fsp3) is 0.571. The molecule has 0 spiro atoms. The smallest absolute Gasteiger partial charge is 0.0341 e. The van der Waals surface area contributed by atoms with E-state index in [2.05, 4.69) is 59.4 Å². The van der Waals surface area contributed by atoms with Gasteiger partial charge in [0.2, 0.25) is 0 Å². The van der Waals surface area contributed by atoms with Gasteiger partial charge in [-0.1, -0.05) is 49.0 Å². The third-order valence-electron chi connectivity index (χ3n) is 2.98. The lowest BCUT2D eigenvalue weighted by atomic mass is 9.99. The molecule has 0 heterocycles. The third-order valence-corrected chi connectivity index (χ3v) is 3.51. The summed E-state index contributed by atoms with van der Waals surface area (Å²) < 4.78 is 1.14. The average molecular weight is 284 g/mol. The highest BCUT2D eigenvalue weighted by molar-refractivity contribution is 9.10. The van der Waals surface area contributed by atoms with Crippen molar-refractivity contribution in [1.82, 2.24) is 0 Å². The van der Waals surface area contributed by atoms with Crippen LogP contribution in [0, 0.1) is 5.92 Å². The monoisotopic (exact) mass is 283 g/mol. The van der Waals surface area contributed by atoms with Crippen LogP contribution in [-0.4, -0.2) is 6.54 Å². The summed E-state index contributed by atoms with van der Waals surface area (Å²) in [7, 11) is 0. The lowest BCUT2D eigenvalue weighted by Crippen LogP contribution is -2.13. The summed E-state index contributed by atoms with van der Waals surface area (Å²) in [4.78, 5) is 0. The summed E-state index contributed by atoms with van der Waals surface area (Å²) in [6.45, 7) is 5.64. The Labute approximate surface area is 108 Å². The van der Waals surface area contributed by atoms with E-state index >= 15 is 0 Å². The van der Waals surface area contributed by atoms with Gasteiger partial charge in [0.05, 0.1) is 0 Å². The van der Waals surface area contributed by atoms with Crippen molar-refractivity contribution < 1.29 is 0 Å². The Bertz CT molecular complexity index is 281. The molecule has 0 bridgehead atoms. The Morgan fingerprint density at radius 2 is 1.88 bits per heavy atom. The molecule has 1 atom stereocenters. The Morgan fingerprint density at radius 3 is 2.44 bits per heavy atom. The van der Waals surface area contributed by atoms with Gasteiger partial charge in [-0.05, 0) is 36.6 Å². The van der Waals surface area contributed by atoms with Crippen molar-refractivity contribution in [2.45, 2.75) is 39.5 Å². The molecule has 2 heteroatoms. The van der Waals surface area contributed by atoms with Crippen LogP contribution in [0.15, 0.2) is 28.7 Å². The maximum absolute atomic E-state index is 3.51. The summed E-state index contributed by atoms with van der Waals surface area (Å²) >= 11 is 3.45. The first-order chi connectivity index (χ1) is 7.76. The van der Waals surface area contributed by atoms with Crippen LogP contribution in [0.25, 0.3) is 0 Å². The van der Waals surface area contributed by atoms with E-state index in [1.165, 1.54) is 31.4 Å². The van der Waals surface area contributed by atoms with Crippen molar-refractivity contribution >= 4 is 21.6 Å². The number of halogens is 1. The van der Waals surface area contributed by atoms with E-state index in [9.17, 15) is 0 Å². The third kappa shape index (κ3) is 5.02. The lowest BCUT2D eigenvalue weighted by Gasteiger charge is -2.16. The molecule has 0 amide bonds. The second kappa shape index (κ2) is 7.72.